The molecule has 1 aliphatic carbocycles. The van der Waals surface area contributed by atoms with Crippen LogP contribution < -0.4 is 5.73 Å². The average molecular weight is 296 g/mol. The van der Waals surface area contributed by atoms with E-state index in [0.717, 1.165) is 19.1 Å². The van der Waals surface area contributed by atoms with Gasteiger partial charge in [0.25, 0.3) is 0 Å². The van der Waals surface area contributed by atoms with Gasteiger partial charge in [-0.05, 0) is 62.8 Å². The average Bonchev–Trinajstić information content (AvgIpc) is 2.47. The van der Waals surface area contributed by atoms with E-state index in [2.05, 4.69) is 32.6 Å². The maximum Gasteiger partial charge on any atom is 0.0599 e. The van der Waals surface area contributed by atoms with Crippen molar-refractivity contribution in [2.45, 2.75) is 71.9 Å². The maximum atomic E-state index is 6.08. The molecule has 0 amide bonds. The standard InChI is InChI=1S/C18H36N2O/c1-5-21-16-8-10-20(11-9-16)17-12-15(18(2,3)4)7-6-14(17)13-19/h14-17H,5-13,19H2,1-4H3. The van der Waals surface area contributed by atoms with Crippen molar-refractivity contribution >= 4 is 0 Å². The van der Waals surface area contributed by atoms with Gasteiger partial charge in [0, 0.05) is 25.7 Å². The van der Waals surface area contributed by atoms with Gasteiger partial charge >= 0.3 is 0 Å². The highest BCUT2D eigenvalue weighted by atomic mass is 16.5. The first-order valence-corrected chi connectivity index (χ1v) is 9.01. The minimum atomic E-state index is 0.432. The number of likely N-dealkylation sites (tertiary alicyclic amines) is 1. The molecule has 0 bridgehead atoms. The zero-order valence-corrected chi connectivity index (χ0v) is 14.6. The molecule has 0 spiro atoms. The Kier molecular flexibility index (Phi) is 6.10. The number of hydrogen-bond acceptors (Lipinski definition) is 3. The Labute approximate surface area is 131 Å². The predicted molar refractivity (Wildman–Crippen MR) is 89.3 cm³/mol. The van der Waals surface area contributed by atoms with Gasteiger partial charge in [-0.25, -0.2) is 0 Å². The molecule has 3 nitrogen and oxygen atoms in total. The van der Waals surface area contributed by atoms with Crippen LogP contribution in [-0.2, 0) is 4.74 Å². The molecule has 1 aliphatic heterocycles. The van der Waals surface area contributed by atoms with Crippen LogP contribution in [0.2, 0.25) is 0 Å². The number of piperidine rings is 1. The van der Waals surface area contributed by atoms with Gasteiger partial charge in [-0.3, -0.25) is 4.90 Å². The first-order chi connectivity index (χ1) is 9.95. The summed E-state index contributed by atoms with van der Waals surface area (Å²) in [5.41, 5.74) is 6.51. The van der Waals surface area contributed by atoms with Crippen molar-refractivity contribution in [1.29, 1.82) is 0 Å². The van der Waals surface area contributed by atoms with Crippen molar-refractivity contribution in [1.82, 2.24) is 4.90 Å². The highest BCUT2D eigenvalue weighted by molar-refractivity contribution is 4.92. The van der Waals surface area contributed by atoms with Crippen molar-refractivity contribution in [3.05, 3.63) is 0 Å². The molecule has 21 heavy (non-hydrogen) atoms. The van der Waals surface area contributed by atoms with Crippen LogP contribution >= 0.6 is 0 Å². The van der Waals surface area contributed by atoms with Crippen LogP contribution in [0.25, 0.3) is 0 Å². The smallest absolute Gasteiger partial charge is 0.0599 e. The lowest BCUT2D eigenvalue weighted by molar-refractivity contribution is -0.0216. The molecule has 0 aromatic heterocycles. The predicted octanol–water partition coefficient (Wildman–Crippen LogP) is 3.28. The summed E-state index contributed by atoms with van der Waals surface area (Å²) < 4.78 is 5.80. The number of hydrogen-bond donors (Lipinski definition) is 1. The molecule has 2 N–H and O–H groups in total. The molecule has 3 unspecified atom stereocenters. The summed E-state index contributed by atoms with van der Waals surface area (Å²) in [4.78, 5) is 2.73. The van der Waals surface area contributed by atoms with E-state index in [0.29, 0.717) is 23.5 Å². The van der Waals surface area contributed by atoms with Crippen LogP contribution in [0, 0.1) is 17.3 Å². The topological polar surface area (TPSA) is 38.5 Å². The fraction of sp³-hybridized carbons (Fsp3) is 1.00. The third-order valence-electron chi connectivity index (χ3n) is 5.83. The van der Waals surface area contributed by atoms with Crippen molar-refractivity contribution in [3.8, 4) is 0 Å². The lowest BCUT2D eigenvalue weighted by Crippen LogP contribution is -2.51. The second kappa shape index (κ2) is 7.43. The highest BCUT2D eigenvalue weighted by Crippen LogP contribution is 2.41. The molecular weight excluding hydrogens is 260 g/mol. The van der Waals surface area contributed by atoms with Gasteiger partial charge in [-0.15, -0.1) is 0 Å². The van der Waals surface area contributed by atoms with Gasteiger partial charge < -0.3 is 10.5 Å². The van der Waals surface area contributed by atoms with Crippen molar-refractivity contribution < 1.29 is 4.74 Å². The van der Waals surface area contributed by atoms with E-state index in [1.54, 1.807) is 0 Å². The van der Waals surface area contributed by atoms with Gasteiger partial charge in [0.15, 0.2) is 0 Å². The first kappa shape index (κ1) is 17.2. The zero-order chi connectivity index (χ0) is 15.5. The molecule has 0 radical (unpaired) electrons. The van der Waals surface area contributed by atoms with E-state index >= 15 is 0 Å². The largest absolute Gasteiger partial charge is 0.378 e. The monoisotopic (exact) mass is 296 g/mol. The van der Waals surface area contributed by atoms with Gasteiger partial charge in [0.1, 0.15) is 0 Å². The summed E-state index contributed by atoms with van der Waals surface area (Å²) in [5.74, 6) is 1.54. The zero-order valence-electron chi connectivity index (χ0n) is 14.6. The summed E-state index contributed by atoms with van der Waals surface area (Å²) in [6.07, 6.45) is 6.89. The van der Waals surface area contributed by atoms with Gasteiger partial charge in [0.2, 0.25) is 0 Å². The summed E-state index contributed by atoms with van der Waals surface area (Å²) in [7, 11) is 0. The number of ether oxygens (including phenoxy) is 1. The molecule has 2 rings (SSSR count). The van der Waals surface area contributed by atoms with Gasteiger partial charge in [-0.1, -0.05) is 20.8 Å². The van der Waals surface area contributed by atoms with Gasteiger partial charge in [-0.2, -0.15) is 0 Å². The molecule has 124 valence electrons. The number of nitrogens with two attached hydrogens (primary N) is 1. The fourth-order valence-corrected chi connectivity index (χ4v) is 4.33. The van der Waals surface area contributed by atoms with E-state index in [-0.39, 0.29) is 0 Å². The Balaban J connectivity index is 1.95. The molecule has 1 saturated carbocycles. The summed E-state index contributed by atoms with van der Waals surface area (Å²) >= 11 is 0. The Hall–Kier alpha value is -0.120. The molecular formula is C18H36N2O. The van der Waals surface area contributed by atoms with Crippen molar-refractivity contribution in [2.24, 2.45) is 23.0 Å². The highest BCUT2D eigenvalue weighted by Gasteiger charge is 2.38. The Morgan fingerprint density at radius 3 is 2.29 bits per heavy atom. The van der Waals surface area contributed by atoms with E-state index in [1.807, 2.05) is 0 Å². The van der Waals surface area contributed by atoms with Crippen LogP contribution in [0.5, 0.6) is 0 Å². The molecule has 2 aliphatic rings. The molecule has 1 heterocycles. The Bertz CT molecular complexity index is 305. The number of nitrogens with zero attached hydrogens (tertiary/aromatic N) is 1. The first-order valence-electron chi connectivity index (χ1n) is 9.01. The quantitative estimate of drug-likeness (QED) is 0.865. The van der Waals surface area contributed by atoms with E-state index in [4.69, 9.17) is 10.5 Å². The van der Waals surface area contributed by atoms with Crippen LogP contribution in [-0.4, -0.2) is 43.3 Å². The summed E-state index contributed by atoms with van der Waals surface area (Å²) in [5, 5.41) is 0. The van der Waals surface area contributed by atoms with Crippen LogP contribution in [0.1, 0.15) is 59.8 Å². The molecule has 1 saturated heterocycles. The normalized spacial score (nSPS) is 33.3. The van der Waals surface area contributed by atoms with Gasteiger partial charge in [0.05, 0.1) is 6.10 Å². The van der Waals surface area contributed by atoms with E-state index < -0.39 is 0 Å². The van der Waals surface area contributed by atoms with Crippen LogP contribution in [0.3, 0.4) is 0 Å². The van der Waals surface area contributed by atoms with E-state index in [9.17, 15) is 0 Å². The molecule has 3 atom stereocenters. The fourth-order valence-electron chi connectivity index (χ4n) is 4.33. The maximum absolute atomic E-state index is 6.08. The molecule has 0 aromatic carbocycles. The Morgan fingerprint density at radius 2 is 1.76 bits per heavy atom. The van der Waals surface area contributed by atoms with Crippen LogP contribution in [0.4, 0.5) is 0 Å². The third-order valence-corrected chi connectivity index (χ3v) is 5.83. The SMILES string of the molecule is CCOC1CCN(C2CC(C(C)(C)C)CCC2CN)CC1. The minimum absolute atomic E-state index is 0.432. The lowest BCUT2D eigenvalue weighted by Gasteiger charge is -2.47. The molecule has 2 fully saturated rings. The lowest BCUT2D eigenvalue weighted by atomic mass is 9.67. The molecule has 3 heteroatoms. The summed E-state index contributed by atoms with van der Waals surface area (Å²) in [6.45, 7) is 13.4. The minimum Gasteiger partial charge on any atom is -0.378 e. The third kappa shape index (κ3) is 4.43. The van der Waals surface area contributed by atoms with E-state index in [1.165, 1.54) is 45.2 Å². The number of rotatable bonds is 4. The van der Waals surface area contributed by atoms with Crippen molar-refractivity contribution in [3.63, 3.8) is 0 Å². The second-order valence-electron chi connectivity index (χ2n) is 8.13. The summed E-state index contributed by atoms with van der Waals surface area (Å²) in [6, 6.07) is 0.704. The molecule has 0 aromatic rings. The Morgan fingerprint density at radius 1 is 1.10 bits per heavy atom. The van der Waals surface area contributed by atoms with Crippen molar-refractivity contribution in [2.75, 3.05) is 26.2 Å². The second-order valence-corrected chi connectivity index (χ2v) is 8.13. The van der Waals surface area contributed by atoms with Crippen LogP contribution in [0.15, 0.2) is 0 Å².